The Balaban J connectivity index is 1.98. The molecule has 0 saturated carbocycles. The van der Waals surface area contributed by atoms with Gasteiger partial charge in [0.2, 0.25) is 5.91 Å². The zero-order valence-electron chi connectivity index (χ0n) is 8.49. The first-order valence-corrected chi connectivity index (χ1v) is 4.84. The zero-order valence-corrected chi connectivity index (χ0v) is 8.49. The Morgan fingerprint density at radius 3 is 2.79 bits per heavy atom. The summed E-state index contributed by atoms with van der Waals surface area (Å²) in [5.41, 5.74) is 0. The molecule has 0 bridgehead atoms. The molecule has 14 heavy (non-hydrogen) atoms. The number of carbonyl (C=O) groups excluding carboxylic acids is 1. The molecule has 1 amide bonds. The predicted octanol–water partition coefficient (Wildman–Crippen LogP) is 0.484. The average Bonchev–Trinajstić information content (AvgIpc) is 2.65. The van der Waals surface area contributed by atoms with Gasteiger partial charge in [-0.2, -0.15) is 0 Å². The van der Waals surface area contributed by atoms with Crippen molar-refractivity contribution in [3.05, 3.63) is 12.2 Å². The van der Waals surface area contributed by atoms with E-state index in [0.29, 0.717) is 13.2 Å². The van der Waals surface area contributed by atoms with Crippen molar-refractivity contribution in [3.8, 4) is 0 Å². The standard InChI is InChI=1S/C10H17NO3/c1-13-6-7-14-8-10(12)11-9-4-2-3-5-9/h2-3,9H,4-8H2,1H3,(H,11,12). The Morgan fingerprint density at radius 2 is 2.14 bits per heavy atom. The fraction of sp³-hybridized carbons (Fsp3) is 0.700. The minimum Gasteiger partial charge on any atom is -0.382 e. The van der Waals surface area contributed by atoms with Crippen LogP contribution in [0.4, 0.5) is 0 Å². The van der Waals surface area contributed by atoms with Crippen molar-refractivity contribution in [2.24, 2.45) is 0 Å². The number of hydrogen-bond acceptors (Lipinski definition) is 3. The third-order valence-corrected chi connectivity index (χ3v) is 2.04. The number of methoxy groups -OCH3 is 1. The van der Waals surface area contributed by atoms with Crippen LogP contribution in [0.15, 0.2) is 12.2 Å². The summed E-state index contributed by atoms with van der Waals surface area (Å²) in [5, 5.41) is 2.89. The molecule has 4 nitrogen and oxygen atoms in total. The summed E-state index contributed by atoms with van der Waals surface area (Å²) in [6.45, 7) is 1.12. The van der Waals surface area contributed by atoms with E-state index in [4.69, 9.17) is 9.47 Å². The molecule has 4 heteroatoms. The van der Waals surface area contributed by atoms with Gasteiger partial charge >= 0.3 is 0 Å². The van der Waals surface area contributed by atoms with Crippen LogP contribution in [0.2, 0.25) is 0 Å². The summed E-state index contributed by atoms with van der Waals surface area (Å²) < 4.78 is 9.88. The van der Waals surface area contributed by atoms with Crippen LogP contribution in [0, 0.1) is 0 Å². The lowest BCUT2D eigenvalue weighted by Gasteiger charge is -2.11. The van der Waals surface area contributed by atoms with Crippen LogP contribution in [-0.4, -0.2) is 38.9 Å². The van der Waals surface area contributed by atoms with Crippen LogP contribution >= 0.6 is 0 Å². The van der Waals surface area contributed by atoms with Gasteiger partial charge in [0.05, 0.1) is 13.2 Å². The van der Waals surface area contributed by atoms with Gasteiger partial charge in [0.15, 0.2) is 0 Å². The van der Waals surface area contributed by atoms with Crippen molar-refractivity contribution in [3.63, 3.8) is 0 Å². The van der Waals surface area contributed by atoms with Crippen molar-refractivity contribution in [2.75, 3.05) is 26.9 Å². The van der Waals surface area contributed by atoms with Crippen molar-refractivity contribution < 1.29 is 14.3 Å². The molecule has 80 valence electrons. The summed E-state index contributed by atoms with van der Waals surface area (Å²) in [6.07, 6.45) is 6.03. The lowest BCUT2D eigenvalue weighted by molar-refractivity contribution is -0.126. The molecule has 0 aromatic rings. The third kappa shape index (κ3) is 4.39. The predicted molar refractivity (Wildman–Crippen MR) is 53.0 cm³/mol. The lowest BCUT2D eigenvalue weighted by Crippen LogP contribution is -2.35. The summed E-state index contributed by atoms with van der Waals surface area (Å²) in [4.78, 5) is 11.3. The zero-order chi connectivity index (χ0) is 10.2. The highest BCUT2D eigenvalue weighted by molar-refractivity contribution is 5.77. The number of nitrogens with one attached hydrogen (secondary N) is 1. The summed E-state index contributed by atoms with van der Waals surface area (Å²) in [6, 6.07) is 0.272. The minimum atomic E-state index is -0.0465. The maximum absolute atomic E-state index is 11.3. The second-order valence-electron chi connectivity index (χ2n) is 3.25. The van der Waals surface area contributed by atoms with E-state index >= 15 is 0 Å². The van der Waals surface area contributed by atoms with Gasteiger partial charge in [0, 0.05) is 13.2 Å². The van der Waals surface area contributed by atoms with Gasteiger partial charge in [-0.05, 0) is 12.8 Å². The maximum atomic E-state index is 11.3. The Hall–Kier alpha value is -0.870. The largest absolute Gasteiger partial charge is 0.382 e. The van der Waals surface area contributed by atoms with Gasteiger partial charge < -0.3 is 14.8 Å². The van der Waals surface area contributed by atoms with E-state index in [1.807, 2.05) is 0 Å². The second kappa shape index (κ2) is 6.56. The first kappa shape index (κ1) is 11.2. The Bertz CT molecular complexity index is 196. The van der Waals surface area contributed by atoms with Crippen molar-refractivity contribution in [1.29, 1.82) is 0 Å². The van der Waals surface area contributed by atoms with E-state index in [2.05, 4.69) is 17.5 Å². The molecule has 0 aromatic carbocycles. The van der Waals surface area contributed by atoms with Gasteiger partial charge in [0.1, 0.15) is 6.61 Å². The van der Waals surface area contributed by atoms with Crippen LogP contribution in [0.5, 0.6) is 0 Å². The van der Waals surface area contributed by atoms with Gasteiger partial charge in [-0.15, -0.1) is 0 Å². The molecule has 0 radical (unpaired) electrons. The highest BCUT2D eigenvalue weighted by atomic mass is 16.5. The van der Waals surface area contributed by atoms with Crippen LogP contribution in [0.25, 0.3) is 0 Å². The van der Waals surface area contributed by atoms with E-state index in [9.17, 15) is 4.79 Å². The molecule has 0 fully saturated rings. The van der Waals surface area contributed by atoms with Crippen molar-refractivity contribution >= 4 is 5.91 Å². The topological polar surface area (TPSA) is 47.6 Å². The molecule has 0 aromatic heterocycles. The molecule has 0 saturated heterocycles. The Kier molecular flexibility index (Phi) is 5.25. The summed E-state index contributed by atoms with van der Waals surface area (Å²) >= 11 is 0. The lowest BCUT2D eigenvalue weighted by atomic mass is 10.2. The molecule has 0 atom stereocenters. The smallest absolute Gasteiger partial charge is 0.246 e. The van der Waals surface area contributed by atoms with Gasteiger partial charge in [0.25, 0.3) is 0 Å². The van der Waals surface area contributed by atoms with Gasteiger partial charge in [-0.25, -0.2) is 0 Å². The van der Waals surface area contributed by atoms with Crippen LogP contribution in [0.1, 0.15) is 12.8 Å². The molecule has 0 spiro atoms. The molecular formula is C10H17NO3. The van der Waals surface area contributed by atoms with Gasteiger partial charge in [-0.1, -0.05) is 12.2 Å². The Morgan fingerprint density at radius 1 is 1.43 bits per heavy atom. The summed E-state index contributed by atoms with van der Waals surface area (Å²) in [7, 11) is 1.60. The molecule has 0 unspecified atom stereocenters. The minimum absolute atomic E-state index is 0.0465. The average molecular weight is 199 g/mol. The van der Waals surface area contributed by atoms with E-state index in [1.165, 1.54) is 0 Å². The number of ether oxygens (including phenoxy) is 2. The fourth-order valence-electron chi connectivity index (χ4n) is 1.31. The molecule has 0 aliphatic heterocycles. The molecule has 0 heterocycles. The fourth-order valence-corrected chi connectivity index (χ4v) is 1.31. The normalized spacial score (nSPS) is 16.1. The SMILES string of the molecule is COCCOCC(=O)NC1CC=CC1. The highest BCUT2D eigenvalue weighted by Gasteiger charge is 2.12. The van der Waals surface area contributed by atoms with E-state index in [0.717, 1.165) is 12.8 Å². The highest BCUT2D eigenvalue weighted by Crippen LogP contribution is 2.08. The number of rotatable bonds is 6. The van der Waals surface area contributed by atoms with Crippen molar-refractivity contribution in [1.82, 2.24) is 5.32 Å². The quantitative estimate of drug-likeness (QED) is 0.500. The third-order valence-electron chi connectivity index (χ3n) is 2.04. The number of hydrogen-bond donors (Lipinski definition) is 1. The van der Waals surface area contributed by atoms with E-state index in [-0.39, 0.29) is 18.6 Å². The molecule has 1 aliphatic carbocycles. The summed E-state index contributed by atoms with van der Waals surface area (Å²) in [5.74, 6) is -0.0465. The molecular weight excluding hydrogens is 182 g/mol. The van der Waals surface area contributed by atoms with Crippen LogP contribution < -0.4 is 5.32 Å². The maximum Gasteiger partial charge on any atom is 0.246 e. The van der Waals surface area contributed by atoms with E-state index < -0.39 is 0 Å². The molecule has 1 aliphatic rings. The number of carbonyl (C=O) groups is 1. The first-order chi connectivity index (χ1) is 6.83. The van der Waals surface area contributed by atoms with E-state index in [1.54, 1.807) is 7.11 Å². The second-order valence-corrected chi connectivity index (χ2v) is 3.25. The Labute approximate surface area is 84.3 Å². The van der Waals surface area contributed by atoms with Crippen LogP contribution in [0.3, 0.4) is 0 Å². The molecule has 1 N–H and O–H groups in total. The van der Waals surface area contributed by atoms with Crippen molar-refractivity contribution in [2.45, 2.75) is 18.9 Å². The number of amides is 1. The molecule has 1 rings (SSSR count). The van der Waals surface area contributed by atoms with Gasteiger partial charge in [-0.3, -0.25) is 4.79 Å². The van der Waals surface area contributed by atoms with Crippen LogP contribution in [-0.2, 0) is 14.3 Å². The monoisotopic (exact) mass is 199 g/mol. The first-order valence-electron chi connectivity index (χ1n) is 4.84.